The minimum absolute atomic E-state index is 1.02. The summed E-state index contributed by atoms with van der Waals surface area (Å²) in [5.74, 6) is 0. The normalized spacial score (nSPS) is 11.4. The van der Waals surface area contributed by atoms with Crippen molar-refractivity contribution in [2.45, 2.75) is 38.5 Å². The summed E-state index contributed by atoms with van der Waals surface area (Å²) in [6, 6.07) is 57.7. The Morgan fingerprint density at radius 2 is 0.815 bits per heavy atom. The lowest BCUT2D eigenvalue weighted by Crippen LogP contribution is -2.13. The topological polar surface area (TPSA) is 6.48 Å². The summed E-state index contributed by atoms with van der Waals surface area (Å²) in [4.78, 5) is 4.83. The first-order valence-electron chi connectivity index (χ1n) is 19.1. The Morgan fingerprint density at radius 3 is 1.26 bits per heavy atom. The van der Waals surface area contributed by atoms with E-state index in [0.29, 0.717) is 0 Å². The van der Waals surface area contributed by atoms with Crippen molar-refractivity contribution in [1.82, 2.24) is 0 Å². The van der Waals surface area contributed by atoms with Crippen molar-refractivity contribution >= 4 is 55.7 Å². The standard InChI is InChI=1S/C52H48N2/c1-3-5-7-9-11-21-41-23-17-29-47(39-41)53(51-33-19-27-43-25-13-15-31-49(43)51)45-35-37-46(38-36-45)54(52-34-20-28-44-26-14-16-32-50(44)52)48-30-18-24-42(40-48)22-12-10-8-6-4-2/h3-8,13-20,23-40H,1-2,9-12,21-22H2. The van der Waals surface area contributed by atoms with Crippen LogP contribution in [0.4, 0.5) is 34.1 Å². The molecule has 0 radical (unpaired) electrons. The summed E-state index contributed by atoms with van der Waals surface area (Å²) in [5, 5.41) is 4.89. The molecule has 0 aliphatic carbocycles. The highest BCUT2D eigenvalue weighted by atomic mass is 15.2. The third-order valence-corrected chi connectivity index (χ3v) is 9.94. The van der Waals surface area contributed by atoms with Gasteiger partial charge in [0.15, 0.2) is 0 Å². The summed E-state index contributed by atoms with van der Waals surface area (Å²) in [5.41, 5.74) is 9.52. The van der Waals surface area contributed by atoms with E-state index in [1.54, 1.807) is 0 Å². The Labute approximate surface area is 321 Å². The molecule has 0 spiro atoms. The molecule has 54 heavy (non-hydrogen) atoms. The zero-order valence-corrected chi connectivity index (χ0v) is 31.0. The number of nitrogens with zero attached hydrogens (tertiary/aromatic N) is 2. The van der Waals surface area contributed by atoms with Crippen molar-refractivity contribution in [2.75, 3.05) is 9.80 Å². The number of fused-ring (bicyclic) bond motifs is 2. The van der Waals surface area contributed by atoms with Crippen molar-refractivity contribution in [3.05, 3.63) is 218 Å². The molecule has 7 rings (SSSR count). The average molecular weight is 701 g/mol. The van der Waals surface area contributed by atoms with Crippen LogP contribution >= 0.6 is 0 Å². The SMILES string of the molecule is C=CC=CCCCc1cccc(N(c2ccc(N(c3cccc(CCCC=CC=C)c3)c3cccc4ccccc34)cc2)c2cccc3ccccc23)c1. The zero-order valence-electron chi connectivity index (χ0n) is 31.0. The van der Waals surface area contributed by atoms with Gasteiger partial charge in [0.2, 0.25) is 0 Å². The van der Waals surface area contributed by atoms with Gasteiger partial charge in [-0.2, -0.15) is 0 Å². The van der Waals surface area contributed by atoms with E-state index >= 15 is 0 Å². The molecule has 0 saturated heterocycles. The maximum atomic E-state index is 3.81. The number of anilines is 6. The van der Waals surface area contributed by atoms with Crippen molar-refractivity contribution in [2.24, 2.45) is 0 Å². The lowest BCUT2D eigenvalue weighted by atomic mass is 10.0. The summed E-state index contributed by atoms with van der Waals surface area (Å²) < 4.78 is 0. The Bertz CT molecular complexity index is 2220. The molecule has 0 aliphatic heterocycles. The summed E-state index contributed by atoms with van der Waals surface area (Å²) in [7, 11) is 0. The van der Waals surface area contributed by atoms with Crippen LogP contribution in [0.3, 0.4) is 0 Å². The molecule has 0 aliphatic rings. The highest BCUT2D eigenvalue weighted by molar-refractivity contribution is 6.00. The van der Waals surface area contributed by atoms with Gasteiger partial charge in [0.1, 0.15) is 0 Å². The average Bonchev–Trinajstić information content (AvgIpc) is 3.22. The quantitative estimate of drug-likeness (QED) is 0.0731. The number of allylic oxidation sites excluding steroid dienone is 6. The molecular weight excluding hydrogens is 653 g/mol. The molecule has 0 atom stereocenters. The second-order valence-corrected chi connectivity index (χ2v) is 13.6. The van der Waals surface area contributed by atoms with E-state index in [-0.39, 0.29) is 0 Å². The summed E-state index contributed by atoms with van der Waals surface area (Å²) in [6.07, 6.45) is 18.4. The van der Waals surface area contributed by atoms with E-state index in [0.717, 1.165) is 72.6 Å². The third kappa shape index (κ3) is 8.46. The fourth-order valence-electron chi connectivity index (χ4n) is 7.35. The Balaban J connectivity index is 1.30. The van der Waals surface area contributed by atoms with Crippen LogP contribution in [-0.4, -0.2) is 0 Å². The Hall–Kier alpha value is -6.38. The van der Waals surface area contributed by atoms with E-state index in [2.05, 4.69) is 193 Å². The maximum absolute atomic E-state index is 3.81. The highest BCUT2D eigenvalue weighted by Gasteiger charge is 2.19. The molecule has 7 aromatic carbocycles. The van der Waals surface area contributed by atoms with Crippen LogP contribution in [0, 0.1) is 0 Å². The summed E-state index contributed by atoms with van der Waals surface area (Å²) >= 11 is 0. The molecule has 0 aromatic heterocycles. The summed E-state index contributed by atoms with van der Waals surface area (Å²) in [6.45, 7) is 7.61. The van der Waals surface area contributed by atoms with Crippen molar-refractivity contribution < 1.29 is 0 Å². The predicted octanol–water partition coefficient (Wildman–Crippen LogP) is 15.1. The number of hydrogen-bond acceptors (Lipinski definition) is 2. The van der Waals surface area contributed by atoms with Gasteiger partial charge in [-0.05, 0) is 121 Å². The van der Waals surface area contributed by atoms with Crippen LogP contribution in [0.25, 0.3) is 21.5 Å². The van der Waals surface area contributed by atoms with Gasteiger partial charge in [-0.3, -0.25) is 0 Å². The Kier molecular flexibility index (Phi) is 11.9. The predicted molar refractivity (Wildman–Crippen MR) is 235 cm³/mol. The van der Waals surface area contributed by atoms with Crippen LogP contribution in [0.5, 0.6) is 0 Å². The van der Waals surface area contributed by atoms with Gasteiger partial charge in [-0.15, -0.1) is 0 Å². The molecule has 0 heterocycles. The van der Waals surface area contributed by atoms with Gasteiger partial charge in [0, 0.05) is 33.5 Å². The van der Waals surface area contributed by atoms with Gasteiger partial charge in [0.25, 0.3) is 0 Å². The molecule has 0 N–H and O–H groups in total. The molecule has 2 nitrogen and oxygen atoms in total. The van der Waals surface area contributed by atoms with Crippen LogP contribution in [0.1, 0.15) is 36.8 Å². The van der Waals surface area contributed by atoms with Gasteiger partial charge in [-0.25, -0.2) is 0 Å². The van der Waals surface area contributed by atoms with Crippen molar-refractivity contribution in [3.8, 4) is 0 Å². The van der Waals surface area contributed by atoms with E-state index in [1.807, 2.05) is 24.3 Å². The van der Waals surface area contributed by atoms with Crippen LogP contribution in [0.15, 0.2) is 207 Å². The first-order chi connectivity index (χ1) is 26.7. The number of benzene rings is 7. The molecule has 7 aromatic rings. The lowest BCUT2D eigenvalue weighted by molar-refractivity contribution is 0.843. The number of rotatable bonds is 16. The second kappa shape index (κ2) is 17.9. The molecule has 0 amide bonds. The van der Waals surface area contributed by atoms with Gasteiger partial charge < -0.3 is 9.80 Å². The highest BCUT2D eigenvalue weighted by Crippen LogP contribution is 2.43. The molecule has 0 fully saturated rings. The molecule has 0 bridgehead atoms. The number of hydrogen-bond donors (Lipinski definition) is 0. The van der Waals surface area contributed by atoms with E-state index in [1.165, 1.54) is 32.7 Å². The Morgan fingerprint density at radius 1 is 0.407 bits per heavy atom. The monoisotopic (exact) mass is 700 g/mol. The van der Waals surface area contributed by atoms with Gasteiger partial charge in [0.05, 0.1) is 11.4 Å². The smallest absolute Gasteiger partial charge is 0.0540 e. The van der Waals surface area contributed by atoms with Crippen LogP contribution in [0.2, 0.25) is 0 Å². The zero-order chi connectivity index (χ0) is 37.0. The van der Waals surface area contributed by atoms with Crippen molar-refractivity contribution in [3.63, 3.8) is 0 Å². The first-order valence-corrected chi connectivity index (χ1v) is 19.1. The third-order valence-electron chi connectivity index (χ3n) is 9.94. The van der Waals surface area contributed by atoms with E-state index in [4.69, 9.17) is 0 Å². The largest absolute Gasteiger partial charge is 0.310 e. The van der Waals surface area contributed by atoms with Crippen molar-refractivity contribution in [1.29, 1.82) is 0 Å². The molecule has 0 unspecified atom stereocenters. The van der Waals surface area contributed by atoms with Gasteiger partial charge in [-0.1, -0.05) is 147 Å². The fraction of sp³-hybridized carbons (Fsp3) is 0.115. The number of unbranched alkanes of at least 4 members (excludes halogenated alkanes) is 2. The molecular formula is C52H48N2. The minimum Gasteiger partial charge on any atom is -0.310 e. The molecule has 266 valence electrons. The first kappa shape index (κ1) is 36.0. The lowest BCUT2D eigenvalue weighted by Gasteiger charge is -2.30. The van der Waals surface area contributed by atoms with Crippen LogP contribution < -0.4 is 9.80 Å². The van der Waals surface area contributed by atoms with E-state index in [9.17, 15) is 0 Å². The fourth-order valence-corrected chi connectivity index (χ4v) is 7.35. The minimum atomic E-state index is 1.02. The second-order valence-electron chi connectivity index (χ2n) is 13.6. The van der Waals surface area contributed by atoms with Crippen LogP contribution in [-0.2, 0) is 12.8 Å². The van der Waals surface area contributed by atoms with E-state index < -0.39 is 0 Å². The maximum Gasteiger partial charge on any atom is 0.0540 e. The molecule has 2 heteroatoms. The molecule has 0 saturated carbocycles. The number of aryl methyl sites for hydroxylation is 2. The van der Waals surface area contributed by atoms with Gasteiger partial charge >= 0.3 is 0 Å².